The number of halogens is 1. The second kappa shape index (κ2) is 4.81. The molecular formula is C12H18ClN. The lowest BCUT2D eigenvalue weighted by molar-refractivity contribution is 0.757. The predicted octanol–water partition coefficient (Wildman–Crippen LogP) is 2.80. The Balaban J connectivity index is 0.000000980. The molecule has 1 aromatic rings. The fraction of sp³-hybridized carbons (Fsp3) is 0.500. The molecule has 0 aromatic heterocycles. The Hall–Kier alpha value is -0.530. The Bertz CT molecular complexity index is 303. The molecule has 0 spiro atoms. The smallest absolute Gasteiger partial charge is 0.00207 e. The van der Waals surface area contributed by atoms with Gasteiger partial charge in [-0.15, -0.1) is 12.4 Å². The van der Waals surface area contributed by atoms with E-state index in [-0.39, 0.29) is 12.4 Å². The zero-order valence-corrected chi connectivity index (χ0v) is 9.66. The summed E-state index contributed by atoms with van der Waals surface area (Å²) in [5, 5.41) is 3.41. The lowest BCUT2D eigenvalue weighted by Gasteiger charge is -2.12. The minimum atomic E-state index is 0. The highest BCUT2D eigenvalue weighted by atomic mass is 35.5. The van der Waals surface area contributed by atoms with Gasteiger partial charge in [0.15, 0.2) is 0 Å². The van der Waals surface area contributed by atoms with Crippen LogP contribution in [0.25, 0.3) is 0 Å². The van der Waals surface area contributed by atoms with Crippen molar-refractivity contribution in [2.45, 2.75) is 26.2 Å². The summed E-state index contributed by atoms with van der Waals surface area (Å²) in [6.45, 7) is 6.71. The third kappa shape index (κ3) is 2.28. The Morgan fingerprint density at radius 1 is 1.29 bits per heavy atom. The van der Waals surface area contributed by atoms with Gasteiger partial charge in [0.1, 0.15) is 0 Å². The van der Waals surface area contributed by atoms with Crippen LogP contribution in [0.5, 0.6) is 0 Å². The van der Waals surface area contributed by atoms with E-state index in [0.717, 1.165) is 12.5 Å². The first-order chi connectivity index (χ1) is 6.27. The van der Waals surface area contributed by atoms with Crippen LogP contribution < -0.4 is 5.32 Å². The molecule has 0 radical (unpaired) electrons. The molecule has 1 saturated heterocycles. The highest BCUT2D eigenvalue weighted by Crippen LogP contribution is 2.25. The van der Waals surface area contributed by atoms with E-state index in [0.29, 0.717) is 0 Å². The quantitative estimate of drug-likeness (QED) is 0.754. The van der Waals surface area contributed by atoms with Crippen molar-refractivity contribution in [3.05, 3.63) is 34.9 Å². The summed E-state index contributed by atoms with van der Waals surface area (Å²) in [4.78, 5) is 0. The maximum atomic E-state index is 3.41. The van der Waals surface area contributed by atoms with E-state index in [1.165, 1.54) is 29.7 Å². The normalized spacial score (nSPS) is 20.6. The Labute approximate surface area is 92.3 Å². The molecule has 1 aliphatic rings. The molecule has 1 heterocycles. The van der Waals surface area contributed by atoms with Gasteiger partial charge in [-0.1, -0.05) is 23.8 Å². The number of hydrogen-bond donors (Lipinski definition) is 1. The molecule has 2 heteroatoms. The molecule has 14 heavy (non-hydrogen) atoms. The Morgan fingerprint density at radius 3 is 2.64 bits per heavy atom. The summed E-state index contributed by atoms with van der Waals surface area (Å²) in [5.74, 6) is 0.751. The van der Waals surface area contributed by atoms with Gasteiger partial charge in [0.25, 0.3) is 0 Å². The van der Waals surface area contributed by atoms with Crippen LogP contribution in [0.2, 0.25) is 0 Å². The molecule has 2 rings (SSSR count). The van der Waals surface area contributed by atoms with Crippen molar-refractivity contribution in [2.75, 3.05) is 13.1 Å². The van der Waals surface area contributed by atoms with Crippen molar-refractivity contribution in [3.8, 4) is 0 Å². The molecule has 1 fully saturated rings. The van der Waals surface area contributed by atoms with Crippen LogP contribution >= 0.6 is 12.4 Å². The fourth-order valence-corrected chi connectivity index (χ4v) is 2.20. The van der Waals surface area contributed by atoms with E-state index in [1.54, 1.807) is 0 Å². The van der Waals surface area contributed by atoms with E-state index < -0.39 is 0 Å². The van der Waals surface area contributed by atoms with Gasteiger partial charge in [-0.3, -0.25) is 0 Å². The van der Waals surface area contributed by atoms with E-state index in [4.69, 9.17) is 0 Å². The summed E-state index contributed by atoms with van der Waals surface area (Å²) in [6.07, 6.45) is 1.30. The largest absolute Gasteiger partial charge is 0.316 e. The first-order valence-electron chi connectivity index (χ1n) is 5.05. The number of aryl methyl sites for hydroxylation is 2. The minimum Gasteiger partial charge on any atom is -0.316 e. The van der Waals surface area contributed by atoms with Crippen LogP contribution in [-0.4, -0.2) is 13.1 Å². The van der Waals surface area contributed by atoms with Gasteiger partial charge in [-0.2, -0.15) is 0 Å². The van der Waals surface area contributed by atoms with Crippen LogP contribution in [0.15, 0.2) is 18.2 Å². The number of benzene rings is 1. The van der Waals surface area contributed by atoms with E-state index in [2.05, 4.69) is 37.4 Å². The molecule has 0 bridgehead atoms. The maximum Gasteiger partial charge on any atom is 0.00207 e. The van der Waals surface area contributed by atoms with E-state index in [9.17, 15) is 0 Å². The topological polar surface area (TPSA) is 12.0 Å². The van der Waals surface area contributed by atoms with Crippen molar-refractivity contribution in [2.24, 2.45) is 0 Å². The van der Waals surface area contributed by atoms with Crippen LogP contribution in [0.3, 0.4) is 0 Å². The second-order valence-corrected chi connectivity index (χ2v) is 4.05. The molecule has 1 atom stereocenters. The molecule has 1 N–H and O–H groups in total. The lowest BCUT2D eigenvalue weighted by atomic mass is 9.93. The number of hydrogen-bond acceptors (Lipinski definition) is 1. The third-order valence-electron chi connectivity index (χ3n) is 2.93. The highest BCUT2D eigenvalue weighted by molar-refractivity contribution is 5.85. The van der Waals surface area contributed by atoms with Gasteiger partial charge in [-0.25, -0.2) is 0 Å². The minimum absolute atomic E-state index is 0. The average Bonchev–Trinajstić information content (AvgIpc) is 2.56. The highest BCUT2D eigenvalue weighted by Gasteiger charge is 2.17. The molecule has 0 amide bonds. The first-order valence-corrected chi connectivity index (χ1v) is 5.05. The van der Waals surface area contributed by atoms with E-state index >= 15 is 0 Å². The van der Waals surface area contributed by atoms with Crippen molar-refractivity contribution in [1.82, 2.24) is 5.32 Å². The Morgan fingerprint density at radius 2 is 2.07 bits per heavy atom. The molecule has 0 saturated carbocycles. The summed E-state index contributed by atoms with van der Waals surface area (Å²) in [5.41, 5.74) is 4.36. The van der Waals surface area contributed by atoms with E-state index in [1.807, 2.05) is 0 Å². The van der Waals surface area contributed by atoms with Crippen molar-refractivity contribution >= 4 is 12.4 Å². The fourth-order valence-electron chi connectivity index (χ4n) is 2.20. The zero-order valence-electron chi connectivity index (χ0n) is 8.84. The maximum absolute atomic E-state index is 3.41. The van der Waals surface area contributed by atoms with Gasteiger partial charge < -0.3 is 5.32 Å². The van der Waals surface area contributed by atoms with Crippen LogP contribution in [0, 0.1) is 13.8 Å². The molecule has 78 valence electrons. The summed E-state index contributed by atoms with van der Waals surface area (Å²) >= 11 is 0. The number of rotatable bonds is 1. The molecule has 0 aliphatic carbocycles. The van der Waals surface area contributed by atoms with Crippen LogP contribution in [0.1, 0.15) is 29.0 Å². The van der Waals surface area contributed by atoms with Crippen molar-refractivity contribution in [3.63, 3.8) is 0 Å². The van der Waals surface area contributed by atoms with Gasteiger partial charge >= 0.3 is 0 Å². The third-order valence-corrected chi connectivity index (χ3v) is 2.93. The SMILES string of the molecule is Cc1ccc(C2CCNC2)c(C)c1.Cl. The summed E-state index contributed by atoms with van der Waals surface area (Å²) in [6, 6.07) is 6.80. The van der Waals surface area contributed by atoms with Gasteiger partial charge in [0, 0.05) is 6.54 Å². The van der Waals surface area contributed by atoms with Gasteiger partial charge in [0.2, 0.25) is 0 Å². The standard InChI is InChI=1S/C12H17N.ClH/c1-9-3-4-12(10(2)7-9)11-5-6-13-8-11;/h3-4,7,11,13H,5-6,8H2,1-2H3;1H. The van der Waals surface area contributed by atoms with Gasteiger partial charge in [-0.05, 0) is 43.9 Å². The predicted molar refractivity (Wildman–Crippen MR) is 63.4 cm³/mol. The molecule has 1 unspecified atom stereocenters. The first kappa shape index (κ1) is 11.5. The lowest BCUT2D eigenvalue weighted by Crippen LogP contribution is -2.08. The average molecular weight is 212 g/mol. The van der Waals surface area contributed by atoms with Crippen LogP contribution in [-0.2, 0) is 0 Å². The van der Waals surface area contributed by atoms with Crippen molar-refractivity contribution < 1.29 is 0 Å². The zero-order chi connectivity index (χ0) is 9.26. The Kier molecular flexibility index (Phi) is 3.97. The molecule has 1 aliphatic heterocycles. The molecule has 1 aromatic carbocycles. The summed E-state index contributed by atoms with van der Waals surface area (Å²) < 4.78 is 0. The van der Waals surface area contributed by atoms with Crippen molar-refractivity contribution in [1.29, 1.82) is 0 Å². The monoisotopic (exact) mass is 211 g/mol. The number of nitrogens with one attached hydrogen (secondary N) is 1. The second-order valence-electron chi connectivity index (χ2n) is 4.05. The van der Waals surface area contributed by atoms with Gasteiger partial charge in [0.05, 0.1) is 0 Å². The summed E-state index contributed by atoms with van der Waals surface area (Å²) in [7, 11) is 0. The van der Waals surface area contributed by atoms with Crippen LogP contribution in [0.4, 0.5) is 0 Å². The molecular weight excluding hydrogens is 194 g/mol. The molecule has 1 nitrogen and oxygen atoms in total.